The van der Waals surface area contributed by atoms with Gasteiger partial charge in [0.25, 0.3) is 0 Å². The van der Waals surface area contributed by atoms with Gasteiger partial charge in [0.1, 0.15) is 17.0 Å². The summed E-state index contributed by atoms with van der Waals surface area (Å²) in [6, 6.07) is 1.90. The molecule has 2 aliphatic rings. The van der Waals surface area contributed by atoms with E-state index < -0.39 is 11.8 Å². The second-order valence-corrected chi connectivity index (χ2v) is 7.03. The summed E-state index contributed by atoms with van der Waals surface area (Å²) in [5, 5.41) is 13.9. The summed E-state index contributed by atoms with van der Waals surface area (Å²) in [5.41, 5.74) is 0.878. The van der Waals surface area contributed by atoms with Gasteiger partial charge in [-0.25, -0.2) is 9.97 Å². The van der Waals surface area contributed by atoms with Gasteiger partial charge >= 0.3 is 0 Å². The van der Waals surface area contributed by atoms with Crippen molar-refractivity contribution in [2.24, 2.45) is 0 Å². The summed E-state index contributed by atoms with van der Waals surface area (Å²) in [6.45, 7) is 4.11. The number of nitrogens with zero attached hydrogens (tertiary/aromatic N) is 3. The summed E-state index contributed by atoms with van der Waals surface area (Å²) >= 11 is 0. The third kappa shape index (κ3) is 2.01. The minimum absolute atomic E-state index is 0.0839. The first-order valence-electron chi connectivity index (χ1n) is 8.41. The number of nitrogens with one attached hydrogen (secondary N) is 1. The first kappa shape index (κ1) is 14.6. The van der Waals surface area contributed by atoms with Crippen LogP contribution < -0.4 is 5.32 Å². The number of aromatic nitrogens is 3. The Morgan fingerprint density at radius 2 is 2.09 bits per heavy atom. The van der Waals surface area contributed by atoms with Crippen molar-refractivity contribution >= 4 is 16.9 Å². The molecule has 0 saturated heterocycles. The lowest BCUT2D eigenvalue weighted by atomic mass is 9.79. The maximum Gasteiger partial charge on any atom is 0.248 e. The van der Waals surface area contributed by atoms with E-state index in [2.05, 4.69) is 24.1 Å². The lowest BCUT2D eigenvalue weighted by molar-refractivity contribution is -0.138. The molecule has 1 aliphatic heterocycles. The van der Waals surface area contributed by atoms with Crippen molar-refractivity contribution in [3.05, 3.63) is 23.8 Å². The highest BCUT2D eigenvalue weighted by atomic mass is 16.3. The van der Waals surface area contributed by atoms with Crippen LogP contribution in [0.4, 0.5) is 0 Å². The Kier molecular flexibility index (Phi) is 3.20. The monoisotopic (exact) mass is 314 g/mol. The number of carbonyl (C=O) groups is 1. The van der Waals surface area contributed by atoms with Gasteiger partial charge in [-0.1, -0.05) is 33.1 Å². The molecule has 1 saturated carbocycles. The van der Waals surface area contributed by atoms with Gasteiger partial charge in [0, 0.05) is 17.5 Å². The topological polar surface area (TPSA) is 80.0 Å². The lowest BCUT2D eigenvalue weighted by Gasteiger charge is -2.43. The standard InChI is InChI=1S/C17H22N4O2/c1-10(2)13-18-9-11-8-12-15(22)20-16(23)17(6-4-3-5-7-17)21(12)14(11)19-13/h8-10,15,22H,3-7H2,1-2H3,(H,20,23). The molecule has 1 fully saturated rings. The predicted octanol–water partition coefficient (Wildman–Crippen LogP) is 2.33. The third-order valence-corrected chi connectivity index (χ3v) is 5.18. The Labute approximate surface area is 134 Å². The van der Waals surface area contributed by atoms with Crippen LogP contribution in [0.2, 0.25) is 0 Å². The smallest absolute Gasteiger partial charge is 0.248 e. The number of hydrogen-bond acceptors (Lipinski definition) is 4. The zero-order valence-electron chi connectivity index (χ0n) is 13.5. The number of rotatable bonds is 1. The first-order chi connectivity index (χ1) is 11.0. The van der Waals surface area contributed by atoms with E-state index in [1.54, 1.807) is 6.20 Å². The summed E-state index contributed by atoms with van der Waals surface area (Å²) in [4.78, 5) is 21.9. The molecule has 23 heavy (non-hydrogen) atoms. The second-order valence-electron chi connectivity index (χ2n) is 7.03. The number of amides is 1. The molecule has 0 bridgehead atoms. The van der Waals surface area contributed by atoms with Crippen LogP contribution in [-0.4, -0.2) is 25.5 Å². The molecule has 1 unspecified atom stereocenters. The summed E-state index contributed by atoms with van der Waals surface area (Å²) < 4.78 is 2.00. The SMILES string of the molecule is CC(C)c1ncc2cc3n(c2n1)C1(CCCCC1)C(=O)NC3O. The predicted molar refractivity (Wildman–Crippen MR) is 85.8 cm³/mol. The van der Waals surface area contributed by atoms with Gasteiger partial charge in [-0.2, -0.15) is 0 Å². The van der Waals surface area contributed by atoms with E-state index in [1.807, 2.05) is 10.6 Å². The lowest BCUT2D eigenvalue weighted by Crippen LogP contribution is -2.55. The number of fused-ring (bicyclic) bond motifs is 4. The number of carbonyl (C=O) groups excluding carboxylic acids is 1. The number of aliphatic hydroxyl groups excluding tert-OH is 1. The van der Waals surface area contributed by atoms with Gasteiger partial charge in [0.2, 0.25) is 5.91 Å². The van der Waals surface area contributed by atoms with Crippen molar-refractivity contribution in [3.63, 3.8) is 0 Å². The zero-order chi connectivity index (χ0) is 16.2. The normalized spacial score (nSPS) is 23.3. The van der Waals surface area contributed by atoms with Crippen LogP contribution in [0.3, 0.4) is 0 Å². The Morgan fingerprint density at radius 3 is 2.78 bits per heavy atom. The van der Waals surface area contributed by atoms with Crippen LogP contribution in [-0.2, 0) is 10.3 Å². The van der Waals surface area contributed by atoms with Crippen LogP contribution in [0, 0.1) is 0 Å². The fourth-order valence-electron chi connectivity index (χ4n) is 3.97. The first-order valence-corrected chi connectivity index (χ1v) is 8.41. The average Bonchev–Trinajstić information content (AvgIpc) is 2.93. The highest BCUT2D eigenvalue weighted by molar-refractivity contribution is 5.90. The van der Waals surface area contributed by atoms with Crippen molar-refractivity contribution in [2.45, 2.75) is 63.6 Å². The molecule has 3 heterocycles. The van der Waals surface area contributed by atoms with E-state index in [4.69, 9.17) is 4.98 Å². The maximum absolute atomic E-state index is 12.8. The second kappa shape index (κ2) is 5.03. The van der Waals surface area contributed by atoms with Crippen molar-refractivity contribution in [1.29, 1.82) is 0 Å². The number of aliphatic hydroxyl groups is 1. The van der Waals surface area contributed by atoms with Gasteiger partial charge in [-0.3, -0.25) is 4.79 Å². The van der Waals surface area contributed by atoms with E-state index in [0.717, 1.165) is 54.7 Å². The molecule has 1 aliphatic carbocycles. The maximum atomic E-state index is 12.8. The van der Waals surface area contributed by atoms with Gasteiger partial charge in [0.15, 0.2) is 6.23 Å². The minimum atomic E-state index is -0.980. The van der Waals surface area contributed by atoms with E-state index in [1.165, 1.54) is 0 Å². The Hall–Kier alpha value is -1.95. The van der Waals surface area contributed by atoms with Gasteiger partial charge < -0.3 is 15.0 Å². The van der Waals surface area contributed by atoms with Crippen LogP contribution >= 0.6 is 0 Å². The van der Waals surface area contributed by atoms with Crippen molar-refractivity contribution in [1.82, 2.24) is 19.9 Å². The molecule has 0 radical (unpaired) electrons. The molecule has 2 N–H and O–H groups in total. The molecular formula is C17H22N4O2. The Bertz CT molecular complexity index is 774. The van der Waals surface area contributed by atoms with Crippen LogP contribution in [0.25, 0.3) is 11.0 Å². The van der Waals surface area contributed by atoms with Gasteiger partial charge in [-0.15, -0.1) is 0 Å². The minimum Gasteiger partial charge on any atom is -0.368 e. The molecule has 1 atom stereocenters. The molecular weight excluding hydrogens is 292 g/mol. The van der Waals surface area contributed by atoms with Crippen LogP contribution in [0.15, 0.2) is 12.3 Å². The summed E-state index contributed by atoms with van der Waals surface area (Å²) in [6.07, 6.45) is 5.60. The van der Waals surface area contributed by atoms with E-state index in [0.29, 0.717) is 0 Å². The molecule has 6 nitrogen and oxygen atoms in total. The largest absolute Gasteiger partial charge is 0.368 e. The summed E-state index contributed by atoms with van der Waals surface area (Å²) in [5.74, 6) is 0.902. The van der Waals surface area contributed by atoms with E-state index in [9.17, 15) is 9.90 Å². The highest BCUT2D eigenvalue weighted by Crippen LogP contribution is 2.42. The quantitative estimate of drug-likeness (QED) is 0.846. The number of hydrogen-bond donors (Lipinski definition) is 2. The van der Waals surface area contributed by atoms with Crippen LogP contribution in [0.5, 0.6) is 0 Å². The molecule has 2 aromatic heterocycles. The zero-order valence-corrected chi connectivity index (χ0v) is 13.5. The molecule has 0 aromatic carbocycles. The molecule has 4 rings (SSSR count). The summed E-state index contributed by atoms with van der Waals surface area (Å²) in [7, 11) is 0. The highest BCUT2D eigenvalue weighted by Gasteiger charge is 2.48. The Balaban J connectivity index is 2.00. The van der Waals surface area contributed by atoms with Crippen molar-refractivity contribution in [2.75, 3.05) is 0 Å². The van der Waals surface area contributed by atoms with Crippen molar-refractivity contribution in [3.8, 4) is 0 Å². The van der Waals surface area contributed by atoms with E-state index in [-0.39, 0.29) is 11.8 Å². The fraction of sp³-hybridized carbons (Fsp3) is 0.588. The van der Waals surface area contributed by atoms with Crippen molar-refractivity contribution < 1.29 is 9.90 Å². The molecule has 6 heteroatoms. The Morgan fingerprint density at radius 1 is 1.35 bits per heavy atom. The molecule has 1 amide bonds. The van der Waals surface area contributed by atoms with Gasteiger partial charge in [0.05, 0.1) is 5.69 Å². The van der Waals surface area contributed by atoms with Gasteiger partial charge in [-0.05, 0) is 18.9 Å². The third-order valence-electron chi connectivity index (χ3n) is 5.18. The molecule has 1 spiro atoms. The fourth-order valence-corrected chi connectivity index (χ4v) is 3.97. The molecule has 2 aromatic rings. The van der Waals surface area contributed by atoms with E-state index >= 15 is 0 Å². The van der Waals surface area contributed by atoms with Crippen LogP contribution in [0.1, 0.15) is 69.6 Å². The molecule has 122 valence electrons. The average molecular weight is 314 g/mol.